The first kappa shape index (κ1) is 23.9. The number of aromatic nitrogens is 2. The SMILES string of the molecule is CO.CO.O=Cc1cn(C2CCC(CO[P+](O)(O)O)O2)c(=O)[nH]c1=S. The Labute approximate surface area is 148 Å². The van der Waals surface area contributed by atoms with Crippen LogP contribution in [0.4, 0.5) is 0 Å². The van der Waals surface area contributed by atoms with Crippen molar-refractivity contribution in [2.45, 2.75) is 25.2 Å². The smallest absolute Gasteiger partial charge is 0.400 e. The summed E-state index contributed by atoms with van der Waals surface area (Å²) in [5.41, 5.74) is -0.343. The summed E-state index contributed by atoms with van der Waals surface area (Å²) in [4.78, 5) is 51.2. The minimum atomic E-state index is -4.30. The molecule has 0 saturated carbocycles. The first-order valence-corrected chi connectivity index (χ1v) is 8.85. The minimum Gasteiger partial charge on any atom is -0.400 e. The number of carbonyl (C=O) groups is 1. The fraction of sp³-hybridized carbons (Fsp3) is 0.583. The lowest BCUT2D eigenvalue weighted by Crippen LogP contribution is -2.28. The fourth-order valence-electron chi connectivity index (χ4n) is 2.00. The van der Waals surface area contributed by atoms with Crippen LogP contribution in [0.25, 0.3) is 0 Å². The Morgan fingerprint density at radius 1 is 1.36 bits per heavy atom. The number of nitrogens with one attached hydrogen (secondary N) is 1. The van der Waals surface area contributed by atoms with Crippen molar-refractivity contribution in [3.8, 4) is 0 Å². The third-order valence-electron chi connectivity index (χ3n) is 2.95. The zero-order chi connectivity index (χ0) is 19.6. The van der Waals surface area contributed by atoms with Gasteiger partial charge in [0.1, 0.15) is 17.5 Å². The van der Waals surface area contributed by atoms with Gasteiger partial charge in [-0.1, -0.05) is 12.2 Å². The maximum absolute atomic E-state index is 11.8. The molecular formula is C12H22N2O9PS+. The van der Waals surface area contributed by atoms with Gasteiger partial charge in [0, 0.05) is 20.4 Å². The van der Waals surface area contributed by atoms with E-state index in [9.17, 15) is 9.59 Å². The highest BCUT2D eigenvalue weighted by molar-refractivity contribution is 7.71. The van der Waals surface area contributed by atoms with E-state index in [-0.39, 0.29) is 16.8 Å². The van der Waals surface area contributed by atoms with Gasteiger partial charge in [-0.05, 0) is 12.8 Å². The lowest BCUT2D eigenvalue weighted by molar-refractivity contribution is -0.0271. The molecule has 2 heterocycles. The van der Waals surface area contributed by atoms with Gasteiger partial charge in [0.15, 0.2) is 6.29 Å². The van der Waals surface area contributed by atoms with Crippen molar-refractivity contribution >= 4 is 26.7 Å². The highest BCUT2D eigenvalue weighted by atomic mass is 32.1. The van der Waals surface area contributed by atoms with Gasteiger partial charge >= 0.3 is 13.9 Å². The molecule has 2 unspecified atom stereocenters. The van der Waals surface area contributed by atoms with E-state index in [1.165, 1.54) is 10.8 Å². The van der Waals surface area contributed by atoms with Gasteiger partial charge in [0.05, 0.1) is 11.7 Å². The number of ether oxygens (including phenoxy) is 1. The molecule has 2 atom stereocenters. The molecule has 1 aliphatic rings. The average molecular weight is 401 g/mol. The summed E-state index contributed by atoms with van der Waals surface area (Å²) in [6.07, 6.45) is 1.67. The number of aliphatic hydroxyl groups is 2. The van der Waals surface area contributed by atoms with Crippen LogP contribution in [0, 0.1) is 4.64 Å². The molecule has 13 heteroatoms. The maximum atomic E-state index is 11.8. The molecule has 0 bridgehead atoms. The van der Waals surface area contributed by atoms with E-state index in [1.54, 1.807) is 0 Å². The summed E-state index contributed by atoms with van der Waals surface area (Å²) < 4.78 is 11.3. The van der Waals surface area contributed by atoms with Gasteiger partial charge in [-0.15, -0.1) is 0 Å². The van der Waals surface area contributed by atoms with Crippen LogP contribution < -0.4 is 5.69 Å². The Hall–Kier alpha value is -1.08. The van der Waals surface area contributed by atoms with Gasteiger partial charge < -0.3 is 14.9 Å². The number of aliphatic hydroxyl groups excluding tert-OH is 2. The first-order valence-electron chi connectivity index (χ1n) is 6.87. The predicted octanol–water partition coefficient (Wildman–Crippen LogP) is -0.716. The molecule has 6 N–H and O–H groups in total. The van der Waals surface area contributed by atoms with Gasteiger partial charge in [-0.3, -0.25) is 14.3 Å². The number of rotatable bonds is 5. The molecule has 0 radical (unpaired) electrons. The highest BCUT2D eigenvalue weighted by Crippen LogP contribution is 2.46. The number of hydrogen-bond acceptors (Lipinski definition) is 10. The number of hydrogen-bond donors (Lipinski definition) is 6. The van der Waals surface area contributed by atoms with Crippen LogP contribution in [0.1, 0.15) is 29.4 Å². The average Bonchev–Trinajstić information content (AvgIpc) is 3.05. The Kier molecular flexibility index (Phi) is 11.0. The van der Waals surface area contributed by atoms with Crippen molar-refractivity contribution in [3.63, 3.8) is 0 Å². The molecule has 1 saturated heterocycles. The van der Waals surface area contributed by atoms with Gasteiger partial charge in [-0.25, -0.2) is 4.79 Å². The number of nitrogens with zero attached hydrogens (tertiary/aromatic N) is 1. The summed E-state index contributed by atoms with van der Waals surface area (Å²) in [6, 6.07) is 0. The molecule has 2 rings (SSSR count). The quantitative estimate of drug-likeness (QED) is 0.210. The van der Waals surface area contributed by atoms with Crippen molar-refractivity contribution < 1.29 is 38.9 Å². The number of aldehydes is 1. The largest absolute Gasteiger partial charge is 0.567 e. The van der Waals surface area contributed by atoms with Crippen LogP contribution in [0.2, 0.25) is 0 Å². The number of aromatic amines is 1. The predicted molar refractivity (Wildman–Crippen MR) is 90.2 cm³/mol. The van der Waals surface area contributed by atoms with Gasteiger partial charge in [0.2, 0.25) is 0 Å². The first-order chi connectivity index (χ1) is 11.8. The zero-order valence-corrected chi connectivity index (χ0v) is 15.3. The Morgan fingerprint density at radius 3 is 2.48 bits per heavy atom. The van der Waals surface area contributed by atoms with Crippen molar-refractivity contribution in [3.05, 3.63) is 26.9 Å². The van der Waals surface area contributed by atoms with E-state index in [0.717, 1.165) is 14.2 Å². The van der Waals surface area contributed by atoms with E-state index in [1.807, 2.05) is 0 Å². The van der Waals surface area contributed by atoms with Crippen LogP contribution in [-0.2, 0) is 9.26 Å². The molecular weight excluding hydrogens is 379 g/mol. The van der Waals surface area contributed by atoms with Gasteiger partial charge in [-0.2, -0.15) is 19.2 Å². The molecule has 144 valence electrons. The molecule has 1 aliphatic heterocycles. The molecule has 1 aromatic rings. The molecule has 0 aliphatic carbocycles. The van der Waals surface area contributed by atoms with Crippen LogP contribution in [0.5, 0.6) is 0 Å². The normalized spacial score (nSPS) is 19.3. The second kappa shape index (κ2) is 11.5. The monoisotopic (exact) mass is 401 g/mol. The summed E-state index contributed by atoms with van der Waals surface area (Å²) in [7, 11) is -2.30. The molecule has 0 aromatic carbocycles. The van der Waals surface area contributed by atoms with Crippen molar-refractivity contribution in [1.82, 2.24) is 9.55 Å². The van der Waals surface area contributed by atoms with E-state index in [2.05, 4.69) is 9.51 Å². The second-order valence-electron chi connectivity index (χ2n) is 4.47. The summed E-state index contributed by atoms with van der Waals surface area (Å²) in [5.74, 6) is 0. The minimum absolute atomic E-state index is 0.0551. The molecule has 1 aromatic heterocycles. The van der Waals surface area contributed by atoms with Crippen LogP contribution in [-0.4, -0.2) is 67.7 Å². The lowest BCUT2D eigenvalue weighted by Gasteiger charge is -2.15. The molecule has 0 amide bonds. The van der Waals surface area contributed by atoms with Gasteiger partial charge in [0.25, 0.3) is 0 Å². The third-order valence-corrected chi connectivity index (χ3v) is 3.78. The summed E-state index contributed by atoms with van der Waals surface area (Å²) in [6.45, 7) is -0.216. The van der Waals surface area contributed by atoms with Crippen molar-refractivity contribution in [2.75, 3.05) is 20.8 Å². The third kappa shape index (κ3) is 7.77. The van der Waals surface area contributed by atoms with Crippen LogP contribution >= 0.6 is 20.4 Å². The fourth-order valence-corrected chi connectivity index (χ4v) is 2.55. The molecule has 0 spiro atoms. The topological polar surface area (TPSA) is 174 Å². The van der Waals surface area contributed by atoms with Crippen LogP contribution in [0.15, 0.2) is 11.0 Å². The van der Waals surface area contributed by atoms with Crippen molar-refractivity contribution in [1.29, 1.82) is 0 Å². The van der Waals surface area contributed by atoms with Crippen molar-refractivity contribution in [2.24, 2.45) is 0 Å². The van der Waals surface area contributed by atoms with Crippen LogP contribution in [0.3, 0.4) is 0 Å². The maximum Gasteiger partial charge on any atom is 0.567 e. The standard InChI is InChI=1S/C10H13N2O7PS.2CH4O/c13-4-6-3-12(10(14)11-9(6)21)8-2-1-7(19-8)5-18-20(15,16)17;2*1-2/h3-4,7-8,15-17H,1-2,5H2;2*2H,1H3/p+1. The molecule has 1 fully saturated rings. The number of H-pyrrole nitrogens is 1. The summed E-state index contributed by atoms with van der Waals surface area (Å²) in [5, 5.41) is 14.0. The highest BCUT2D eigenvalue weighted by Gasteiger charge is 2.37. The van der Waals surface area contributed by atoms with E-state index in [0.29, 0.717) is 19.1 Å². The van der Waals surface area contributed by atoms with E-state index < -0.39 is 26.2 Å². The zero-order valence-electron chi connectivity index (χ0n) is 13.6. The molecule has 25 heavy (non-hydrogen) atoms. The number of carbonyl (C=O) groups excluding carboxylic acids is 1. The Balaban J connectivity index is 0.00000134. The Morgan fingerprint density at radius 2 is 1.96 bits per heavy atom. The van der Waals surface area contributed by atoms with E-state index in [4.69, 9.17) is 41.8 Å². The molecule has 11 nitrogen and oxygen atoms in total. The second-order valence-corrected chi connectivity index (χ2v) is 6.16. The van der Waals surface area contributed by atoms with E-state index >= 15 is 0 Å². The Bertz CT molecular complexity index is 643. The lowest BCUT2D eigenvalue weighted by atomic mass is 10.2. The summed E-state index contributed by atoms with van der Waals surface area (Å²) >= 11 is 4.84.